The van der Waals surface area contributed by atoms with Crippen molar-refractivity contribution in [2.45, 2.75) is 0 Å². The van der Waals surface area contributed by atoms with Gasteiger partial charge >= 0.3 is 5.69 Å². The van der Waals surface area contributed by atoms with Crippen molar-refractivity contribution < 1.29 is 9.31 Å². The largest absolute Gasteiger partial charge is 0.354 e. The number of hydrogen-bond donors (Lipinski definition) is 2. The van der Waals surface area contributed by atoms with Gasteiger partial charge in [0.2, 0.25) is 5.82 Å². The molecule has 0 fully saturated rings. The van der Waals surface area contributed by atoms with Crippen molar-refractivity contribution in [3.05, 3.63) is 34.1 Å². The van der Waals surface area contributed by atoms with Gasteiger partial charge in [-0.05, 0) is 12.1 Å². The minimum Gasteiger partial charge on any atom is -0.354 e. The van der Waals surface area contributed by atoms with Gasteiger partial charge in [-0.1, -0.05) is 6.07 Å². The lowest BCUT2D eigenvalue weighted by molar-refractivity contribution is -0.386. The van der Waals surface area contributed by atoms with Crippen molar-refractivity contribution in [2.24, 2.45) is 4.99 Å². The topological polar surface area (TPSA) is 79.6 Å². The first-order valence-electron chi connectivity index (χ1n) is 4.67. The van der Waals surface area contributed by atoms with Gasteiger partial charge in [-0.3, -0.25) is 15.1 Å². The minimum atomic E-state index is -0.867. The number of anilines is 1. The van der Waals surface area contributed by atoms with E-state index >= 15 is 0 Å². The highest BCUT2D eigenvalue weighted by molar-refractivity contribution is 5.96. The van der Waals surface area contributed by atoms with E-state index in [9.17, 15) is 14.5 Å². The average Bonchev–Trinajstić information content (AvgIpc) is 2.70. The number of aliphatic imine (C=N–C) groups is 1. The highest BCUT2D eigenvalue weighted by atomic mass is 19.1. The molecule has 6 nitrogen and oxygen atoms in total. The predicted molar refractivity (Wildman–Crippen MR) is 57.0 cm³/mol. The third kappa shape index (κ3) is 1.92. The van der Waals surface area contributed by atoms with E-state index in [2.05, 4.69) is 15.6 Å². The van der Waals surface area contributed by atoms with Crippen molar-refractivity contribution in [3.8, 4) is 0 Å². The lowest BCUT2D eigenvalue weighted by atomic mass is 10.2. The molecule has 2 N–H and O–H groups in total. The number of nitrogens with zero attached hydrogens (tertiary/aromatic N) is 2. The summed E-state index contributed by atoms with van der Waals surface area (Å²) in [6, 6.07) is 3.89. The van der Waals surface area contributed by atoms with Crippen LogP contribution in [0.5, 0.6) is 0 Å². The van der Waals surface area contributed by atoms with Gasteiger partial charge in [-0.15, -0.1) is 0 Å². The van der Waals surface area contributed by atoms with Gasteiger partial charge in [0, 0.05) is 6.54 Å². The second kappa shape index (κ2) is 4.13. The molecule has 0 aliphatic carbocycles. The van der Waals surface area contributed by atoms with Crippen molar-refractivity contribution in [3.63, 3.8) is 0 Å². The Morgan fingerprint density at radius 3 is 3.00 bits per heavy atom. The molecule has 0 aromatic heterocycles. The Kier molecular flexibility index (Phi) is 2.67. The number of hydrogen-bond acceptors (Lipinski definition) is 5. The van der Waals surface area contributed by atoms with Crippen LogP contribution in [0.1, 0.15) is 0 Å². The van der Waals surface area contributed by atoms with Crippen molar-refractivity contribution in [2.75, 3.05) is 18.4 Å². The SMILES string of the molecule is O=[N+]([O-])c1c(F)cccc1NC1=NCCN1. The lowest BCUT2D eigenvalue weighted by Crippen LogP contribution is -2.26. The predicted octanol–water partition coefficient (Wildman–Crippen LogP) is 1.10. The molecule has 0 bridgehead atoms. The van der Waals surface area contributed by atoms with E-state index in [1.807, 2.05) is 0 Å². The first-order chi connectivity index (χ1) is 7.68. The maximum atomic E-state index is 13.2. The van der Waals surface area contributed by atoms with Crippen LogP contribution in [0.2, 0.25) is 0 Å². The Hall–Kier alpha value is -2.18. The van der Waals surface area contributed by atoms with Gasteiger partial charge in [0.25, 0.3) is 0 Å². The highest BCUT2D eigenvalue weighted by Gasteiger charge is 2.21. The van der Waals surface area contributed by atoms with Crippen LogP contribution in [0.4, 0.5) is 15.8 Å². The molecule has 2 rings (SSSR count). The number of nitrogens with one attached hydrogen (secondary N) is 2. The van der Waals surface area contributed by atoms with Gasteiger partial charge in [0.1, 0.15) is 5.69 Å². The van der Waals surface area contributed by atoms with Gasteiger partial charge in [-0.2, -0.15) is 4.39 Å². The van der Waals surface area contributed by atoms with Gasteiger partial charge in [-0.25, -0.2) is 0 Å². The Morgan fingerprint density at radius 1 is 1.56 bits per heavy atom. The molecular weight excluding hydrogens is 215 g/mol. The normalized spacial score (nSPS) is 14.2. The van der Waals surface area contributed by atoms with Crippen LogP contribution in [0.15, 0.2) is 23.2 Å². The summed E-state index contributed by atoms with van der Waals surface area (Å²) in [5, 5.41) is 16.3. The molecule has 1 aromatic rings. The quantitative estimate of drug-likeness (QED) is 0.582. The summed E-state index contributed by atoms with van der Waals surface area (Å²) in [5.74, 6) is -0.442. The van der Waals surface area contributed by atoms with Crippen molar-refractivity contribution in [1.29, 1.82) is 0 Å². The zero-order chi connectivity index (χ0) is 11.5. The molecule has 84 valence electrons. The van der Waals surface area contributed by atoms with Crippen LogP contribution < -0.4 is 10.6 Å². The van der Waals surface area contributed by atoms with Crippen molar-refractivity contribution >= 4 is 17.3 Å². The van der Waals surface area contributed by atoms with E-state index in [4.69, 9.17) is 0 Å². The fourth-order valence-electron chi connectivity index (χ4n) is 1.41. The Morgan fingerprint density at radius 2 is 2.38 bits per heavy atom. The molecule has 1 aliphatic rings. The molecule has 0 saturated heterocycles. The van der Waals surface area contributed by atoms with Crippen molar-refractivity contribution in [1.82, 2.24) is 5.32 Å². The summed E-state index contributed by atoms with van der Waals surface area (Å²) >= 11 is 0. The average molecular weight is 224 g/mol. The summed E-state index contributed by atoms with van der Waals surface area (Å²) in [6.07, 6.45) is 0. The zero-order valence-electron chi connectivity index (χ0n) is 8.24. The van der Waals surface area contributed by atoms with E-state index in [-0.39, 0.29) is 5.69 Å². The lowest BCUT2D eigenvalue weighted by Gasteiger charge is -2.07. The molecule has 1 aromatic carbocycles. The van der Waals surface area contributed by atoms with Crippen LogP contribution in [-0.4, -0.2) is 24.0 Å². The fraction of sp³-hybridized carbons (Fsp3) is 0.222. The molecule has 7 heteroatoms. The van der Waals surface area contributed by atoms with E-state index < -0.39 is 16.4 Å². The number of nitro groups is 1. The Bertz CT molecular complexity index is 461. The molecule has 0 radical (unpaired) electrons. The maximum absolute atomic E-state index is 13.2. The molecule has 0 atom stereocenters. The fourth-order valence-corrected chi connectivity index (χ4v) is 1.41. The number of guanidine groups is 1. The smallest absolute Gasteiger partial charge is 0.328 e. The first kappa shape index (κ1) is 10.3. The van der Waals surface area contributed by atoms with Crippen LogP contribution in [0.3, 0.4) is 0 Å². The Balaban J connectivity index is 2.32. The monoisotopic (exact) mass is 224 g/mol. The number of benzene rings is 1. The van der Waals surface area contributed by atoms with Gasteiger partial charge in [0.05, 0.1) is 11.5 Å². The van der Waals surface area contributed by atoms with E-state index in [1.165, 1.54) is 12.1 Å². The molecule has 0 amide bonds. The zero-order valence-corrected chi connectivity index (χ0v) is 8.24. The maximum Gasteiger partial charge on any atom is 0.328 e. The first-order valence-corrected chi connectivity index (χ1v) is 4.67. The third-order valence-electron chi connectivity index (χ3n) is 2.10. The number of para-hydroxylation sites is 1. The summed E-state index contributed by atoms with van der Waals surface area (Å²) in [7, 11) is 0. The minimum absolute atomic E-state index is 0.0955. The standard InChI is InChI=1S/C9H9FN4O2/c10-6-2-1-3-7(8(6)14(15)16)13-9-11-4-5-12-9/h1-3H,4-5H2,(H2,11,12,13). The second-order valence-corrected chi connectivity index (χ2v) is 3.18. The van der Waals surface area contributed by atoms with E-state index in [0.29, 0.717) is 19.0 Å². The van der Waals surface area contributed by atoms with E-state index in [1.54, 1.807) is 0 Å². The second-order valence-electron chi connectivity index (χ2n) is 3.18. The molecule has 1 aliphatic heterocycles. The third-order valence-corrected chi connectivity index (χ3v) is 2.10. The van der Waals surface area contributed by atoms with Gasteiger partial charge < -0.3 is 10.6 Å². The number of halogens is 1. The molecule has 0 unspecified atom stereocenters. The molecule has 0 spiro atoms. The molecule has 1 heterocycles. The Labute approximate surface area is 90.3 Å². The highest BCUT2D eigenvalue weighted by Crippen LogP contribution is 2.27. The van der Waals surface area contributed by atoms with Crippen LogP contribution >= 0.6 is 0 Å². The van der Waals surface area contributed by atoms with Gasteiger partial charge in [0.15, 0.2) is 5.96 Å². The summed E-state index contributed by atoms with van der Waals surface area (Å²) < 4.78 is 13.2. The van der Waals surface area contributed by atoms with Crippen LogP contribution in [0.25, 0.3) is 0 Å². The molecule has 0 saturated carbocycles. The van der Waals surface area contributed by atoms with E-state index in [0.717, 1.165) is 6.07 Å². The summed E-state index contributed by atoms with van der Waals surface area (Å²) in [6.45, 7) is 1.27. The summed E-state index contributed by atoms with van der Waals surface area (Å²) in [5.41, 5.74) is -0.475. The number of nitro benzene ring substituents is 1. The van der Waals surface area contributed by atoms with Crippen LogP contribution in [0, 0.1) is 15.9 Å². The molecule has 16 heavy (non-hydrogen) atoms. The molecular formula is C9H9FN4O2. The number of rotatable bonds is 2. The van der Waals surface area contributed by atoms with Crippen LogP contribution in [-0.2, 0) is 0 Å². The summed E-state index contributed by atoms with van der Waals surface area (Å²) in [4.78, 5) is 13.9.